The number of thioether (sulfide) groups is 1. The molecule has 0 saturated carbocycles. The van der Waals surface area contributed by atoms with Gasteiger partial charge in [0.25, 0.3) is 5.56 Å². The predicted molar refractivity (Wildman–Crippen MR) is 95.8 cm³/mol. The third-order valence-corrected chi connectivity index (χ3v) is 5.32. The lowest BCUT2D eigenvalue weighted by Crippen LogP contribution is -2.16. The third-order valence-electron chi connectivity index (χ3n) is 3.39. The highest BCUT2D eigenvalue weighted by molar-refractivity contribution is 8.00. The van der Waals surface area contributed by atoms with E-state index in [-0.39, 0.29) is 23.9 Å². The van der Waals surface area contributed by atoms with Gasteiger partial charge in [0, 0.05) is 22.0 Å². The number of fused-ring (bicyclic) bond motifs is 1. The number of carbonyl (C=O) groups excluding carboxylic acids is 1. The van der Waals surface area contributed by atoms with Crippen molar-refractivity contribution >= 4 is 34.0 Å². The molecule has 24 heavy (non-hydrogen) atoms. The van der Waals surface area contributed by atoms with Crippen molar-refractivity contribution in [1.29, 1.82) is 0 Å². The first-order chi connectivity index (χ1) is 11.5. The predicted octanol–water partition coefficient (Wildman–Crippen LogP) is 3.21. The first kappa shape index (κ1) is 16.7. The number of aromatic nitrogens is 2. The Bertz CT molecular complexity index is 929. The average Bonchev–Trinajstić information content (AvgIpc) is 2.94. The lowest BCUT2D eigenvalue weighted by atomic mass is 10.2. The Morgan fingerprint density at radius 3 is 2.79 bits per heavy atom. The second-order valence-electron chi connectivity index (χ2n) is 5.34. The van der Waals surface area contributed by atoms with Gasteiger partial charge < -0.3 is 4.74 Å². The fourth-order valence-electron chi connectivity index (χ4n) is 2.15. The maximum Gasteiger partial charge on any atom is 0.316 e. The number of aryl methyl sites for hydroxylation is 2. The summed E-state index contributed by atoms with van der Waals surface area (Å²) in [5.41, 5.74) is 2.35. The Morgan fingerprint density at radius 2 is 2.04 bits per heavy atom. The molecule has 0 amide bonds. The smallest absolute Gasteiger partial charge is 0.316 e. The Kier molecular flexibility index (Phi) is 5.01. The van der Waals surface area contributed by atoms with E-state index < -0.39 is 0 Å². The number of ether oxygens (including phenoxy) is 1. The molecule has 0 aliphatic carbocycles. The molecule has 0 atom stereocenters. The summed E-state index contributed by atoms with van der Waals surface area (Å²) in [5, 5.41) is 1.87. The zero-order chi connectivity index (χ0) is 17.1. The fraction of sp³-hybridized carbons (Fsp3) is 0.235. The minimum Gasteiger partial charge on any atom is -0.459 e. The number of esters is 1. The molecule has 0 unspecified atom stereocenters. The van der Waals surface area contributed by atoms with E-state index in [4.69, 9.17) is 4.74 Å². The van der Waals surface area contributed by atoms with Gasteiger partial charge in [0.1, 0.15) is 6.61 Å². The van der Waals surface area contributed by atoms with Crippen molar-refractivity contribution in [2.75, 3.05) is 5.75 Å². The molecule has 5 nitrogen and oxygen atoms in total. The van der Waals surface area contributed by atoms with Crippen LogP contribution in [-0.2, 0) is 16.1 Å². The fourth-order valence-corrected chi connectivity index (χ4v) is 3.73. The number of hydrogen-bond donors (Lipinski definition) is 0. The summed E-state index contributed by atoms with van der Waals surface area (Å²) in [7, 11) is 0. The highest BCUT2D eigenvalue weighted by Crippen LogP contribution is 2.18. The molecule has 0 aliphatic heterocycles. The van der Waals surface area contributed by atoms with E-state index in [1.807, 2.05) is 43.5 Å². The van der Waals surface area contributed by atoms with Crippen molar-refractivity contribution in [1.82, 2.24) is 9.38 Å². The summed E-state index contributed by atoms with van der Waals surface area (Å²) >= 11 is 2.82. The van der Waals surface area contributed by atoms with Crippen molar-refractivity contribution in [3.8, 4) is 0 Å². The van der Waals surface area contributed by atoms with Crippen molar-refractivity contribution < 1.29 is 9.53 Å². The van der Waals surface area contributed by atoms with E-state index >= 15 is 0 Å². The van der Waals surface area contributed by atoms with Crippen LogP contribution in [0.3, 0.4) is 0 Å². The molecule has 2 heterocycles. The summed E-state index contributed by atoms with van der Waals surface area (Å²) in [6, 6.07) is 9.37. The number of rotatable bonds is 5. The van der Waals surface area contributed by atoms with Gasteiger partial charge in [-0.25, -0.2) is 4.98 Å². The molecular formula is C17H16N2O3S2. The van der Waals surface area contributed by atoms with E-state index in [0.717, 1.165) is 10.6 Å². The van der Waals surface area contributed by atoms with Gasteiger partial charge in [-0.2, -0.15) is 0 Å². The van der Waals surface area contributed by atoms with Gasteiger partial charge in [0.2, 0.25) is 0 Å². The highest BCUT2D eigenvalue weighted by atomic mass is 32.2. The molecule has 2 aromatic heterocycles. The van der Waals surface area contributed by atoms with Gasteiger partial charge in [0.15, 0.2) is 4.96 Å². The molecule has 3 aromatic rings. The first-order valence-electron chi connectivity index (χ1n) is 7.35. The zero-order valence-electron chi connectivity index (χ0n) is 13.3. The van der Waals surface area contributed by atoms with Crippen molar-refractivity contribution in [2.24, 2.45) is 0 Å². The average molecular weight is 360 g/mol. The Balaban J connectivity index is 1.58. The number of benzene rings is 1. The molecule has 0 N–H and O–H groups in total. The maximum absolute atomic E-state index is 12.0. The second-order valence-corrected chi connectivity index (χ2v) is 7.23. The van der Waals surface area contributed by atoms with Crippen LogP contribution in [0.15, 0.2) is 45.4 Å². The van der Waals surface area contributed by atoms with E-state index in [1.54, 1.807) is 4.40 Å². The molecule has 0 fully saturated rings. The summed E-state index contributed by atoms with van der Waals surface area (Å²) in [4.78, 5) is 29.9. The molecule has 7 heteroatoms. The first-order valence-corrected chi connectivity index (χ1v) is 9.21. The van der Waals surface area contributed by atoms with Crippen LogP contribution in [0.1, 0.15) is 17.0 Å². The molecule has 0 aliphatic rings. The summed E-state index contributed by atoms with van der Waals surface area (Å²) in [5.74, 6) is -0.104. The van der Waals surface area contributed by atoms with Crippen LogP contribution in [0.25, 0.3) is 4.96 Å². The molecule has 3 rings (SSSR count). The highest BCUT2D eigenvalue weighted by Gasteiger charge is 2.09. The minimum absolute atomic E-state index is 0.00990. The summed E-state index contributed by atoms with van der Waals surface area (Å²) < 4.78 is 6.76. The van der Waals surface area contributed by atoms with Crippen molar-refractivity contribution in [2.45, 2.75) is 25.3 Å². The van der Waals surface area contributed by atoms with E-state index in [1.165, 1.54) is 34.7 Å². The Labute approximate surface area is 147 Å². The minimum atomic E-state index is -0.329. The molecule has 0 bridgehead atoms. The number of hydrogen-bond acceptors (Lipinski definition) is 6. The quantitative estimate of drug-likeness (QED) is 0.516. The van der Waals surface area contributed by atoms with Crippen molar-refractivity contribution in [3.05, 3.63) is 63.0 Å². The van der Waals surface area contributed by atoms with Crippen LogP contribution in [0.2, 0.25) is 0 Å². The molecule has 124 valence electrons. The van der Waals surface area contributed by atoms with Gasteiger partial charge >= 0.3 is 5.97 Å². The normalized spacial score (nSPS) is 10.9. The van der Waals surface area contributed by atoms with E-state index in [0.29, 0.717) is 10.7 Å². The Morgan fingerprint density at radius 1 is 1.29 bits per heavy atom. The number of thiazole rings is 1. The second kappa shape index (κ2) is 7.19. The SMILES string of the molecule is Cc1ccc(SCC(=O)OCc2cc(=O)n3c(C)csc3n2)cc1. The molecule has 0 radical (unpaired) electrons. The maximum atomic E-state index is 12.0. The largest absolute Gasteiger partial charge is 0.459 e. The van der Waals surface area contributed by atoms with Crippen LogP contribution < -0.4 is 5.56 Å². The zero-order valence-corrected chi connectivity index (χ0v) is 14.9. The van der Waals surface area contributed by atoms with Gasteiger partial charge in [-0.1, -0.05) is 17.7 Å². The van der Waals surface area contributed by atoms with Gasteiger partial charge in [-0.3, -0.25) is 14.0 Å². The molecule has 0 spiro atoms. The van der Waals surface area contributed by atoms with Crippen LogP contribution in [0, 0.1) is 13.8 Å². The third kappa shape index (κ3) is 3.85. The number of carbonyl (C=O) groups is 1. The molecule has 1 aromatic carbocycles. The number of nitrogens with zero attached hydrogens (tertiary/aromatic N) is 2. The molecule has 0 saturated heterocycles. The van der Waals surface area contributed by atoms with Gasteiger partial charge in [-0.05, 0) is 26.0 Å². The van der Waals surface area contributed by atoms with Crippen LogP contribution >= 0.6 is 23.1 Å². The van der Waals surface area contributed by atoms with Crippen LogP contribution in [-0.4, -0.2) is 21.1 Å². The standard InChI is InChI=1S/C17H16N2O3S2/c1-11-3-5-14(6-4-11)23-10-16(21)22-8-13-7-15(20)19-12(2)9-24-17(19)18-13/h3-7,9H,8,10H2,1-2H3. The molecular weight excluding hydrogens is 344 g/mol. The Hall–Kier alpha value is -2.12. The van der Waals surface area contributed by atoms with E-state index in [2.05, 4.69) is 4.98 Å². The van der Waals surface area contributed by atoms with Crippen LogP contribution in [0.4, 0.5) is 0 Å². The van der Waals surface area contributed by atoms with Crippen LogP contribution in [0.5, 0.6) is 0 Å². The topological polar surface area (TPSA) is 60.7 Å². The summed E-state index contributed by atoms with van der Waals surface area (Å²) in [6.07, 6.45) is 0. The monoisotopic (exact) mass is 360 g/mol. The lowest BCUT2D eigenvalue weighted by Gasteiger charge is -2.05. The van der Waals surface area contributed by atoms with E-state index in [9.17, 15) is 9.59 Å². The summed E-state index contributed by atoms with van der Waals surface area (Å²) in [6.45, 7) is 3.88. The van der Waals surface area contributed by atoms with Gasteiger partial charge in [0.05, 0.1) is 11.4 Å². The lowest BCUT2D eigenvalue weighted by molar-refractivity contribution is -0.141. The van der Waals surface area contributed by atoms with Crippen molar-refractivity contribution in [3.63, 3.8) is 0 Å². The van der Waals surface area contributed by atoms with Gasteiger partial charge in [-0.15, -0.1) is 23.1 Å².